The summed E-state index contributed by atoms with van der Waals surface area (Å²) in [6, 6.07) is 14.1. The van der Waals surface area contributed by atoms with Crippen LogP contribution in [0.1, 0.15) is 28.8 Å². The SMILES string of the molecule is CNS(=O)(=O)c1ccc(C(=O)NCc2ccc(N3CCCC3)cc2)cc1. The van der Waals surface area contributed by atoms with E-state index in [1.165, 1.54) is 49.8 Å². The molecule has 0 saturated carbocycles. The maximum atomic E-state index is 12.2. The van der Waals surface area contributed by atoms with E-state index < -0.39 is 10.0 Å². The van der Waals surface area contributed by atoms with Gasteiger partial charge in [-0.2, -0.15) is 0 Å². The number of carbonyl (C=O) groups is 1. The first-order valence-electron chi connectivity index (χ1n) is 8.65. The van der Waals surface area contributed by atoms with Gasteiger partial charge in [0.15, 0.2) is 0 Å². The van der Waals surface area contributed by atoms with Gasteiger partial charge < -0.3 is 10.2 Å². The number of nitrogens with zero attached hydrogens (tertiary/aromatic N) is 1. The van der Waals surface area contributed by atoms with Crippen molar-refractivity contribution >= 4 is 21.6 Å². The summed E-state index contributed by atoms with van der Waals surface area (Å²) in [5.74, 6) is -0.234. The molecule has 1 heterocycles. The summed E-state index contributed by atoms with van der Waals surface area (Å²) in [4.78, 5) is 14.7. The number of benzene rings is 2. The van der Waals surface area contributed by atoms with Crippen molar-refractivity contribution in [2.45, 2.75) is 24.3 Å². The summed E-state index contributed by atoms with van der Waals surface area (Å²) >= 11 is 0. The van der Waals surface area contributed by atoms with E-state index in [1.54, 1.807) is 0 Å². The third-order valence-electron chi connectivity index (χ3n) is 4.56. The minimum Gasteiger partial charge on any atom is -0.372 e. The van der Waals surface area contributed by atoms with E-state index in [1.807, 2.05) is 12.1 Å². The van der Waals surface area contributed by atoms with Crippen LogP contribution in [0.2, 0.25) is 0 Å². The summed E-state index contributed by atoms with van der Waals surface area (Å²) in [6.45, 7) is 2.64. The third-order valence-corrected chi connectivity index (χ3v) is 5.99. The smallest absolute Gasteiger partial charge is 0.251 e. The molecular formula is C19H23N3O3S. The van der Waals surface area contributed by atoms with Gasteiger partial charge >= 0.3 is 0 Å². The molecule has 3 rings (SSSR count). The Hall–Kier alpha value is -2.38. The summed E-state index contributed by atoms with van der Waals surface area (Å²) in [5, 5.41) is 2.86. The summed E-state index contributed by atoms with van der Waals surface area (Å²) in [5.41, 5.74) is 2.67. The molecule has 2 N–H and O–H groups in total. The predicted octanol–water partition coefficient (Wildman–Crippen LogP) is 2.12. The molecule has 0 radical (unpaired) electrons. The van der Waals surface area contributed by atoms with Gasteiger partial charge in [-0.3, -0.25) is 4.79 Å². The Morgan fingerprint density at radius 3 is 2.19 bits per heavy atom. The topological polar surface area (TPSA) is 78.5 Å². The first kappa shape index (κ1) is 18.4. The minimum atomic E-state index is -3.49. The van der Waals surface area contributed by atoms with Gasteiger partial charge in [0.1, 0.15) is 0 Å². The molecule has 0 aromatic heterocycles. The first-order chi connectivity index (χ1) is 12.5. The average molecular weight is 373 g/mol. The molecule has 1 amide bonds. The second-order valence-electron chi connectivity index (χ2n) is 6.28. The average Bonchev–Trinajstić information content (AvgIpc) is 3.21. The van der Waals surface area contributed by atoms with E-state index in [-0.39, 0.29) is 10.8 Å². The lowest BCUT2D eigenvalue weighted by atomic mass is 10.1. The number of anilines is 1. The number of hydrogen-bond acceptors (Lipinski definition) is 4. The summed E-state index contributed by atoms with van der Waals surface area (Å²) in [6.07, 6.45) is 2.48. The lowest BCUT2D eigenvalue weighted by Crippen LogP contribution is -2.23. The van der Waals surface area contributed by atoms with Gasteiger partial charge in [0.2, 0.25) is 10.0 Å². The summed E-state index contributed by atoms with van der Waals surface area (Å²) < 4.78 is 25.6. The fourth-order valence-corrected chi connectivity index (χ4v) is 3.72. The second kappa shape index (κ2) is 7.88. The lowest BCUT2D eigenvalue weighted by molar-refractivity contribution is 0.0951. The largest absolute Gasteiger partial charge is 0.372 e. The van der Waals surface area contributed by atoms with Crippen molar-refractivity contribution in [2.75, 3.05) is 25.0 Å². The van der Waals surface area contributed by atoms with E-state index in [4.69, 9.17) is 0 Å². The summed E-state index contributed by atoms with van der Waals surface area (Å²) in [7, 11) is -2.14. The quantitative estimate of drug-likeness (QED) is 0.813. The van der Waals surface area contributed by atoms with Crippen LogP contribution in [-0.4, -0.2) is 34.5 Å². The van der Waals surface area contributed by atoms with Crippen molar-refractivity contribution in [1.29, 1.82) is 0 Å². The van der Waals surface area contributed by atoms with Crippen LogP contribution in [0.5, 0.6) is 0 Å². The zero-order valence-electron chi connectivity index (χ0n) is 14.7. The lowest BCUT2D eigenvalue weighted by Gasteiger charge is -2.17. The molecule has 0 spiro atoms. The van der Waals surface area contributed by atoms with Gasteiger partial charge in [-0.25, -0.2) is 13.1 Å². The number of nitrogens with one attached hydrogen (secondary N) is 2. The van der Waals surface area contributed by atoms with Crippen molar-refractivity contribution < 1.29 is 13.2 Å². The van der Waals surface area contributed by atoms with Gasteiger partial charge in [0.05, 0.1) is 4.90 Å². The molecule has 6 nitrogen and oxygen atoms in total. The zero-order chi connectivity index (χ0) is 18.6. The third kappa shape index (κ3) is 4.23. The highest BCUT2D eigenvalue weighted by atomic mass is 32.2. The van der Waals surface area contributed by atoms with Crippen molar-refractivity contribution in [3.8, 4) is 0 Å². The number of amides is 1. The molecule has 2 aromatic carbocycles. The molecule has 7 heteroatoms. The highest BCUT2D eigenvalue weighted by Gasteiger charge is 2.13. The molecule has 26 heavy (non-hydrogen) atoms. The monoisotopic (exact) mass is 373 g/mol. The predicted molar refractivity (Wildman–Crippen MR) is 102 cm³/mol. The highest BCUT2D eigenvalue weighted by Crippen LogP contribution is 2.20. The van der Waals surface area contributed by atoms with Gasteiger partial charge in [-0.15, -0.1) is 0 Å². The van der Waals surface area contributed by atoms with Crippen LogP contribution in [0, 0.1) is 0 Å². The van der Waals surface area contributed by atoms with Crippen molar-refractivity contribution in [2.24, 2.45) is 0 Å². The van der Waals surface area contributed by atoms with Crippen LogP contribution in [0.3, 0.4) is 0 Å². The highest BCUT2D eigenvalue weighted by molar-refractivity contribution is 7.89. The van der Waals surface area contributed by atoms with Crippen LogP contribution in [0.15, 0.2) is 53.4 Å². The van der Waals surface area contributed by atoms with Crippen LogP contribution in [0.4, 0.5) is 5.69 Å². The fraction of sp³-hybridized carbons (Fsp3) is 0.316. The number of carbonyl (C=O) groups excluding carboxylic acids is 1. The molecule has 138 valence electrons. The van der Waals surface area contributed by atoms with Gasteiger partial charge in [0.25, 0.3) is 5.91 Å². The van der Waals surface area contributed by atoms with Crippen molar-refractivity contribution in [3.63, 3.8) is 0 Å². The molecule has 0 aliphatic carbocycles. The molecule has 1 saturated heterocycles. The molecule has 2 aromatic rings. The number of rotatable bonds is 6. The normalized spacial score (nSPS) is 14.4. The van der Waals surface area contributed by atoms with E-state index in [0.29, 0.717) is 12.1 Å². The van der Waals surface area contributed by atoms with Gasteiger partial charge in [-0.05, 0) is 61.9 Å². The Labute approximate surface area is 154 Å². The Balaban J connectivity index is 1.58. The van der Waals surface area contributed by atoms with Crippen LogP contribution >= 0.6 is 0 Å². The number of hydrogen-bond donors (Lipinski definition) is 2. The molecule has 1 fully saturated rings. The standard InChI is InChI=1S/C19H23N3O3S/c1-20-26(24,25)18-10-6-16(7-11-18)19(23)21-14-15-4-8-17(9-5-15)22-12-2-3-13-22/h4-11,20H,2-3,12-14H2,1H3,(H,21,23). The van der Waals surface area contributed by atoms with E-state index >= 15 is 0 Å². The minimum absolute atomic E-state index is 0.133. The van der Waals surface area contributed by atoms with Crippen LogP contribution < -0.4 is 14.9 Å². The number of sulfonamides is 1. The Kier molecular flexibility index (Phi) is 5.58. The van der Waals surface area contributed by atoms with E-state index in [0.717, 1.165) is 18.7 Å². The Bertz CT molecular complexity index is 856. The molecule has 1 aliphatic heterocycles. The van der Waals surface area contributed by atoms with Gasteiger partial charge in [0, 0.05) is 30.9 Å². The molecule has 0 unspecified atom stereocenters. The van der Waals surface area contributed by atoms with E-state index in [9.17, 15) is 13.2 Å². The van der Waals surface area contributed by atoms with Crippen LogP contribution in [0.25, 0.3) is 0 Å². The van der Waals surface area contributed by atoms with E-state index in [2.05, 4.69) is 27.1 Å². The zero-order valence-corrected chi connectivity index (χ0v) is 15.6. The first-order valence-corrected chi connectivity index (χ1v) is 10.1. The maximum absolute atomic E-state index is 12.2. The molecule has 0 atom stereocenters. The van der Waals surface area contributed by atoms with Crippen molar-refractivity contribution in [1.82, 2.24) is 10.0 Å². The molecule has 1 aliphatic rings. The van der Waals surface area contributed by atoms with Gasteiger partial charge in [-0.1, -0.05) is 12.1 Å². The van der Waals surface area contributed by atoms with Crippen molar-refractivity contribution in [3.05, 3.63) is 59.7 Å². The van der Waals surface area contributed by atoms with Crippen LogP contribution in [-0.2, 0) is 16.6 Å². The fourth-order valence-electron chi connectivity index (χ4n) is 2.99. The second-order valence-corrected chi connectivity index (χ2v) is 8.16. The Morgan fingerprint density at radius 2 is 1.62 bits per heavy atom. The molecular weight excluding hydrogens is 350 g/mol. The maximum Gasteiger partial charge on any atom is 0.251 e. The Morgan fingerprint density at radius 1 is 1.00 bits per heavy atom. The molecule has 0 bridgehead atoms.